The fourth-order valence-electron chi connectivity index (χ4n) is 1.63. The zero-order valence-electron chi connectivity index (χ0n) is 15.7. The molecule has 0 heterocycles. The highest BCUT2D eigenvalue weighted by Crippen LogP contribution is 2.13. The summed E-state index contributed by atoms with van der Waals surface area (Å²) in [6.07, 6.45) is 12.3. The normalized spacial score (nSPS) is 10.4. The fourth-order valence-corrected chi connectivity index (χ4v) is 1.63. The zero-order valence-corrected chi connectivity index (χ0v) is 15.7. The van der Waals surface area contributed by atoms with Gasteiger partial charge in [-0.15, -0.1) is 6.58 Å². The van der Waals surface area contributed by atoms with Crippen molar-refractivity contribution in [2.75, 3.05) is 6.54 Å². The molecule has 0 aliphatic carbocycles. The third-order valence-corrected chi connectivity index (χ3v) is 3.56. The molecule has 0 spiro atoms. The summed E-state index contributed by atoms with van der Waals surface area (Å²) in [6.45, 7) is 14.4. The van der Waals surface area contributed by atoms with Crippen molar-refractivity contribution in [3.63, 3.8) is 0 Å². The van der Waals surface area contributed by atoms with Crippen LogP contribution in [0.1, 0.15) is 93.8 Å². The van der Waals surface area contributed by atoms with Gasteiger partial charge in [0, 0.05) is 7.97 Å². The molecule has 0 aliphatic rings. The van der Waals surface area contributed by atoms with Gasteiger partial charge in [-0.05, 0) is 33.1 Å². The summed E-state index contributed by atoms with van der Waals surface area (Å²) in [7, 11) is 0. The number of hydrogen-bond donors (Lipinski definition) is 1. The van der Waals surface area contributed by atoms with Crippen LogP contribution in [0.15, 0.2) is 12.7 Å². The first-order valence-corrected chi connectivity index (χ1v) is 9.01. The van der Waals surface area contributed by atoms with Gasteiger partial charge >= 0.3 is 6.09 Å². The van der Waals surface area contributed by atoms with Crippen LogP contribution in [0, 0.1) is 0 Å². The first kappa shape index (κ1) is 23.3. The predicted octanol–water partition coefficient (Wildman–Crippen LogP) is 6.48. The Morgan fingerprint density at radius 1 is 1.09 bits per heavy atom. The summed E-state index contributed by atoms with van der Waals surface area (Å²) >= 11 is 0. The molecule has 0 aliphatic heterocycles. The van der Waals surface area contributed by atoms with E-state index >= 15 is 0 Å². The summed E-state index contributed by atoms with van der Waals surface area (Å²) in [5.41, 5.74) is -0.357. The Balaban J connectivity index is -0.000000712. The average molecular weight is 316 g/mol. The molecular formula is C19H41NO2. The molecule has 0 aromatic rings. The van der Waals surface area contributed by atoms with E-state index in [1.165, 1.54) is 38.5 Å². The van der Waals surface area contributed by atoms with E-state index in [1.807, 2.05) is 26.8 Å². The van der Waals surface area contributed by atoms with Crippen LogP contribution in [-0.4, -0.2) is 18.2 Å². The summed E-state index contributed by atoms with van der Waals surface area (Å²) in [6, 6.07) is 0. The van der Waals surface area contributed by atoms with Crippen molar-refractivity contribution in [3.05, 3.63) is 12.7 Å². The topological polar surface area (TPSA) is 38.3 Å². The van der Waals surface area contributed by atoms with Crippen molar-refractivity contribution in [1.29, 1.82) is 0 Å². The van der Waals surface area contributed by atoms with Gasteiger partial charge in [-0.25, -0.2) is 4.79 Å². The predicted molar refractivity (Wildman–Crippen MR) is 99.4 cm³/mol. The first-order chi connectivity index (χ1) is 10.4. The van der Waals surface area contributed by atoms with Crippen molar-refractivity contribution >= 4 is 6.09 Å². The molecule has 0 atom stereocenters. The maximum atomic E-state index is 11.5. The second-order valence-electron chi connectivity index (χ2n) is 6.25. The minimum atomic E-state index is -0.357. The molecule has 0 radical (unpaired) electrons. The largest absolute Gasteiger partial charge is 0.444 e. The van der Waals surface area contributed by atoms with Crippen LogP contribution in [0.4, 0.5) is 4.79 Å². The van der Waals surface area contributed by atoms with Crippen molar-refractivity contribution in [2.45, 2.75) is 98.0 Å². The van der Waals surface area contributed by atoms with Gasteiger partial charge < -0.3 is 10.1 Å². The molecule has 0 bridgehead atoms. The lowest BCUT2D eigenvalue weighted by molar-refractivity contribution is 0.0363. The van der Waals surface area contributed by atoms with Gasteiger partial charge in [-0.2, -0.15) is 0 Å². The molecule has 0 unspecified atom stereocenters. The number of unbranched alkanes of at least 4 members (excludes halogenated alkanes) is 6. The van der Waals surface area contributed by atoms with Crippen LogP contribution in [-0.2, 0) is 4.74 Å². The summed E-state index contributed by atoms with van der Waals surface area (Å²) in [4.78, 5) is 11.5. The number of allylic oxidation sites excluding steroid dienone is 1. The van der Waals surface area contributed by atoms with Crippen molar-refractivity contribution in [1.82, 2.24) is 5.32 Å². The molecule has 22 heavy (non-hydrogen) atoms. The average Bonchev–Trinajstić information content (AvgIpc) is 2.49. The van der Waals surface area contributed by atoms with Gasteiger partial charge in [-0.1, -0.05) is 65.4 Å². The second kappa shape index (κ2) is 16.4. The second-order valence-corrected chi connectivity index (χ2v) is 6.25. The van der Waals surface area contributed by atoms with Crippen LogP contribution in [0.5, 0.6) is 0 Å². The van der Waals surface area contributed by atoms with Crippen LogP contribution >= 0.6 is 0 Å². The molecule has 134 valence electrons. The minimum absolute atomic E-state index is 0. The first-order valence-electron chi connectivity index (χ1n) is 9.01. The smallest absolute Gasteiger partial charge is 0.407 e. The highest BCUT2D eigenvalue weighted by molar-refractivity contribution is 5.67. The van der Waals surface area contributed by atoms with E-state index in [0.717, 1.165) is 25.8 Å². The van der Waals surface area contributed by atoms with Crippen molar-refractivity contribution in [2.24, 2.45) is 0 Å². The van der Waals surface area contributed by atoms with E-state index in [-0.39, 0.29) is 13.1 Å². The van der Waals surface area contributed by atoms with Crippen LogP contribution in [0.2, 0.25) is 0 Å². The van der Waals surface area contributed by atoms with Gasteiger partial charge in [0.05, 0.1) is 0 Å². The van der Waals surface area contributed by atoms with E-state index in [9.17, 15) is 4.79 Å². The molecule has 0 aromatic carbocycles. The number of carbonyl (C=O) groups is 1. The number of hydrogen-bond acceptors (Lipinski definition) is 2. The third kappa shape index (κ3) is 19.0. The molecule has 0 rings (SSSR count). The van der Waals surface area contributed by atoms with Gasteiger partial charge in [0.2, 0.25) is 0 Å². The van der Waals surface area contributed by atoms with E-state index in [2.05, 4.69) is 25.7 Å². The Morgan fingerprint density at radius 3 is 2.05 bits per heavy atom. The molecule has 0 fully saturated rings. The Bertz CT molecular complexity index is 268. The Hall–Kier alpha value is -0.990. The number of carbonyl (C=O) groups excluding carboxylic acids is 1. The highest BCUT2D eigenvalue weighted by atomic mass is 16.6. The quantitative estimate of drug-likeness (QED) is 0.350. The van der Waals surface area contributed by atoms with E-state index < -0.39 is 0 Å². The maximum absolute atomic E-state index is 11.5. The molecule has 1 amide bonds. The Kier molecular flexibility index (Phi) is 17.3. The van der Waals surface area contributed by atoms with Crippen molar-refractivity contribution in [3.8, 4) is 0 Å². The number of rotatable bonds is 11. The van der Waals surface area contributed by atoms with E-state index in [0.29, 0.717) is 0 Å². The van der Waals surface area contributed by atoms with Crippen LogP contribution < -0.4 is 5.32 Å². The Labute approximate surface area is 140 Å². The van der Waals surface area contributed by atoms with Crippen LogP contribution in [0.3, 0.4) is 0 Å². The lowest BCUT2D eigenvalue weighted by atomic mass is 10.1. The minimum Gasteiger partial charge on any atom is -0.444 e. The van der Waals surface area contributed by atoms with Gasteiger partial charge in [0.1, 0.15) is 5.60 Å². The van der Waals surface area contributed by atoms with Gasteiger partial charge in [0.15, 0.2) is 0 Å². The fraction of sp³-hybridized carbons (Fsp3) is 0.842. The lowest BCUT2D eigenvalue weighted by Crippen LogP contribution is -2.34. The van der Waals surface area contributed by atoms with E-state index in [4.69, 9.17) is 4.74 Å². The number of ether oxygens (including phenoxy) is 1. The maximum Gasteiger partial charge on any atom is 0.407 e. The summed E-state index contributed by atoms with van der Waals surface area (Å²) in [5.74, 6) is 0. The van der Waals surface area contributed by atoms with E-state index in [1.54, 1.807) is 0 Å². The number of alkyl carbamates (subject to hydrolysis) is 1. The zero-order chi connectivity index (χ0) is 17.3. The SMILES string of the molecule is C=CCC.CCCCCCCCCNC(=O)OC(C)(C)CC.[HH]. The molecule has 0 saturated carbocycles. The molecule has 0 aromatic heterocycles. The van der Waals surface area contributed by atoms with Gasteiger partial charge in [-0.3, -0.25) is 0 Å². The standard InChI is InChI=1S/C15H31NO2.C4H8.H2/c1-5-7-8-9-10-11-12-13-16-14(17)18-15(3,4)6-2;1-3-4-2;/h5-13H2,1-4H3,(H,16,17);3H,1,4H2,2H3;1H. The number of nitrogens with one attached hydrogen (secondary N) is 1. The summed E-state index contributed by atoms with van der Waals surface area (Å²) in [5, 5.41) is 2.81. The van der Waals surface area contributed by atoms with Crippen molar-refractivity contribution < 1.29 is 11.0 Å². The monoisotopic (exact) mass is 315 g/mol. The molecule has 3 heteroatoms. The summed E-state index contributed by atoms with van der Waals surface area (Å²) < 4.78 is 5.30. The molecule has 1 N–H and O–H groups in total. The lowest BCUT2D eigenvalue weighted by Gasteiger charge is -2.23. The Morgan fingerprint density at radius 2 is 1.59 bits per heavy atom. The number of amides is 1. The third-order valence-electron chi connectivity index (χ3n) is 3.56. The van der Waals surface area contributed by atoms with Crippen LogP contribution in [0.25, 0.3) is 0 Å². The van der Waals surface area contributed by atoms with Gasteiger partial charge in [0.25, 0.3) is 0 Å². The molecule has 3 nitrogen and oxygen atoms in total. The molecular weight excluding hydrogens is 274 g/mol. The highest BCUT2D eigenvalue weighted by Gasteiger charge is 2.19. The molecule has 0 saturated heterocycles.